The van der Waals surface area contributed by atoms with Gasteiger partial charge < -0.3 is 22.2 Å². The summed E-state index contributed by atoms with van der Waals surface area (Å²) in [5.41, 5.74) is 6.32. The first-order chi connectivity index (χ1) is 13.8. The van der Waals surface area contributed by atoms with Crippen molar-refractivity contribution in [3.63, 3.8) is 0 Å². The first kappa shape index (κ1) is 22.1. The highest BCUT2D eigenvalue weighted by atomic mass is 35.5. The Morgan fingerprint density at radius 1 is 0.767 bits per heavy atom. The van der Waals surface area contributed by atoms with Gasteiger partial charge in [-0.3, -0.25) is 0 Å². The van der Waals surface area contributed by atoms with E-state index in [1.54, 1.807) is 0 Å². The summed E-state index contributed by atoms with van der Waals surface area (Å²) in [6.45, 7) is 0. The van der Waals surface area contributed by atoms with Gasteiger partial charge in [0, 0.05) is 72.2 Å². The quantitative estimate of drug-likeness (QED) is 0.357. The Morgan fingerprint density at radius 3 is 2.13 bits per heavy atom. The van der Waals surface area contributed by atoms with Crippen LogP contribution in [0.25, 0.3) is 31.7 Å². The molecule has 156 valence electrons. The van der Waals surface area contributed by atoms with E-state index in [4.69, 9.17) is 0 Å². The van der Waals surface area contributed by atoms with E-state index in [1.165, 1.54) is 48.4 Å². The second-order valence-corrected chi connectivity index (χ2v) is 9.16. The van der Waals surface area contributed by atoms with Crippen molar-refractivity contribution in [2.75, 3.05) is 52.1 Å². The van der Waals surface area contributed by atoms with E-state index in [1.807, 2.05) is 11.3 Å². The van der Waals surface area contributed by atoms with Crippen LogP contribution in [0.15, 0.2) is 60.7 Å². The molecule has 5 heteroatoms. The van der Waals surface area contributed by atoms with E-state index >= 15 is 0 Å². The lowest BCUT2D eigenvalue weighted by molar-refractivity contribution is -0.00000580. The third kappa shape index (κ3) is 4.03. The van der Waals surface area contributed by atoms with E-state index in [0.717, 1.165) is 0 Å². The Balaban J connectivity index is 0.00000256. The number of benzene rings is 3. The fourth-order valence-electron chi connectivity index (χ4n) is 3.67. The Morgan fingerprint density at radius 2 is 1.47 bits per heavy atom. The molecule has 2 aliphatic rings. The van der Waals surface area contributed by atoms with E-state index in [0.29, 0.717) is 0 Å². The molecule has 1 aliphatic heterocycles. The lowest BCUT2D eigenvalue weighted by Crippen LogP contribution is -3.00. The fourth-order valence-corrected chi connectivity index (χ4v) is 4.83. The minimum atomic E-state index is 0. The average molecular weight is 438 g/mol. The van der Waals surface area contributed by atoms with Gasteiger partial charge in [-0.25, -0.2) is 4.58 Å². The van der Waals surface area contributed by atoms with Crippen molar-refractivity contribution in [2.24, 2.45) is 0 Å². The van der Waals surface area contributed by atoms with Crippen LogP contribution in [-0.2, 0) is 0 Å². The molecule has 2 aromatic rings. The third-order valence-electron chi connectivity index (χ3n) is 5.37. The first-order valence-corrected chi connectivity index (χ1v) is 10.6. The van der Waals surface area contributed by atoms with Crippen molar-refractivity contribution < 1.29 is 12.4 Å². The van der Waals surface area contributed by atoms with Gasteiger partial charge in [-0.1, -0.05) is 18.2 Å². The van der Waals surface area contributed by atoms with Crippen molar-refractivity contribution >= 4 is 32.8 Å². The van der Waals surface area contributed by atoms with Gasteiger partial charge >= 0.3 is 0 Å². The van der Waals surface area contributed by atoms with Gasteiger partial charge in [0.2, 0.25) is 5.36 Å². The average Bonchev–Trinajstić information content (AvgIpc) is 2.71. The zero-order valence-electron chi connectivity index (χ0n) is 18.4. The Labute approximate surface area is 189 Å². The molecule has 1 aliphatic carbocycles. The van der Waals surface area contributed by atoms with Gasteiger partial charge in [-0.15, -0.1) is 11.3 Å². The van der Waals surface area contributed by atoms with Gasteiger partial charge in [-0.2, -0.15) is 0 Å². The van der Waals surface area contributed by atoms with Crippen LogP contribution in [0.2, 0.25) is 0 Å². The highest BCUT2D eigenvalue weighted by Crippen LogP contribution is 2.44. The van der Waals surface area contributed by atoms with Crippen LogP contribution in [0.4, 0.5) is 11.4 Å². The second-order valence-electron chi connectivity index (χ2n) is 8.07. The molecule has 0 saturated heterocycles. The molecule has 4 rings (SSSR count). The molecule has 0 bridgehead atoms. The summed E-state index contributed by atoms with van der Waals surface area (Å²) in [6, 6.07) is 22.4. The van der Waals surface area contributed by atoms with Gasteiger partial charge in [0.15, 0.2) is 0 Å². The molecule has 0 unspecified atom stereocenters. The minimum absolute atomic E-state index is 0. The van der Waals surface area contributed by atoms with Crippen LogP contribution in [0.1, 0.15) is 0 Å². The SMILES string of the molecule is CN(C)c1cccc(-c2c3ccc(=[N+](C)C)cc-3sc3cc(N(C)C)ccc23)c1.[Cl-]. The van der Waals surface area contributed by atoms with Crippen LogP contribution in [0.3, 0.4) is 0 Å². The summed E-state index contributed by atoms with van der Waals surface area (Å²) in [5.74, 6) is 0. The Kier molecular flexibility index (Phi) is 6.39. The monoisotopic (exact) mass is 437 g/mol. The summed E-state index contributed by atoms with van der Waals surface area (Å²) in [4.78, 5) is 5.64. The van der Waals surface area contributed by atoms with E-state index in [-0.39, 0.29) is 12.4 Å². The maximum Gasteiger partial charge on any atom is 0.200 e. The summed E-state index contributed by atoms with van der Waals surface area (Å²) in [7, 11) is 12.6. The molecule has 0 atom stereocenters. The van der Waals surface area contributed by atoms with Crippen LogP contribution >= 0.6 is 11.3 Å². The molecule has 0 fully saturated rings. The predicted octanol–water partition coefficient (Wildman–Crippen LogP) is 1.84. The minimum Gasteiger partial charge on any atom is -1.00 e. The maximum atomic E-state index is 2.31. The zero-order chi connectivity index (χ0) is 20.7. The number of rotatable bonds is 3. The molecular formula is C25H28ClN3S. The van der Waals surface area contributed by atoms with Crippen LogP contribution in [0, 0.1) is 0 Å². The molecule has 1 heterocycles. The second kappa shape index (κ2) is 8.66. The molecule has 3 nitrogen and oxygen atoms in total. The number of hydrogen-bond donors (Lipinski definition) is 0. The van der Waals surface area contributed by atoms with Gasteiger partial charge in [0.25, 0.3) is 0 Å². The normalized spacial score (nSPS) is 10.7. The highest BCUT2D eigenvalue weighted by Gasteiger charge is 2.17. The number of anilines is 2. The summed E-state index contributed by atoms with van der Waals surface area (Å²) in [5, 5.41) is 2.53. The molecule has 0 amide bonds. The van der Waals surface area contributed by atoms with E-state index in [9.17, 15) is 0 Å². The van der Waals surface area contributed by atoms with Crippen molar-refractivity contribution in [1.29, 1.82) is 0 Å². The van der Waals surface area contributed by atoms with Crippen LogP contribution in [-0.4, -0.2) is 42.3 Å². The van der Waals surface area contributed by atoms with Gasteiger partial charge in [0.1, 0.15) is 14.1 Å². The summed E-state index contributed by atoms with van der Waals surface area (Å²) in [6.07, 6.45) is 0. The standard InChI is InChI=1S/C25H28N3S.ClH/c1-26(2)18-9-7-8-17(14-18)25-21-12-10-19(27(3)4)15-23(21)29-24-16-20(28(5)6)11-13-22(24)25;/h7-16H,1-6H3;1H/q+1;/p-1. The van der Waals surface area contributed by atoms with Crippen molar-refractivity contribution in [3.05, 3.63) is 66.0 Å². The molecule has 0 spiro atoms. The number of fused-ring (bicyclic) bond motifs is 2. The topological polar surface area (TPSA) is 9.49 Å². The van der Waals surface area contributed by atoms with Crippen molar-refractivity contribution in [2.45, 2.75) is 0 Å². The summed E-state index contributed by atoms with van der Waals surface area (Å²) >= 11 is 1.87. The molecule has 0 N–H and O–H groups in total. The molecule has 2 aromatic carbocycles. The fraction of sp³-hybridized carbons (Fsp3) is 0.240. The van der Waals surface area contributed by atoms with Crippen LogP contribution in [0.5, 0.6) is 0 Å². The predicted molar refractivity (Wildman–Crippen MR) is 130 cm³/mol. The molecule has 0 aromatic heterocycles. The molecule has 30 heavy (non-hydrogen) atoms. The van der Waals surface area contributed by atoms with E-state index in [2.05, 4.69) is 117 Å². The van der Waals surface area contributed by atoms with Gasteiger partial charge in [-0.05, 0) is 41.5 Å². The largest absolute Gasteiger partial charge is 1.00 e. The molecule has 0 radical (unpaired) electrons. The molecular weight excluding hydrogens is 410 g/mol. The lowest BCUT2D eigenvalue weighted by atomic mass is 9.94. The number of nitrogens with zero attached hydrogens (tertiary/aromatic N) is 3. The third-order valence-corrected chi connectivity index (χ3v) is 6.49. The van der Waals surface area contributed by atoms with E-state index < -0.39 is 0 Å². The number of hydrogen-bond acceptors (Lipinski definition) is 3. The smallest absolute Gasteiger partial charge is 0.200 e. The summed E-state index contributed by atoms with van der Waals surface area (Å²) < 4.78 is 3.48. The van der Waals surface area contributed by atoms with Crippen LogP contribution < -0.4 is 32.1 Å². The Hall–Kier alpha value is -2.56. The first-order valence-electron chi connectivity index (χ1n) is 9.81. The maximum absolute atomic E-state index is 2.31. The number of halogens is 1. The zero-order valence-corrected chi connectivity index (χ0v) is 20.0. The van der Waals surface area contributed by atoms with Crippen molar-refractivity contribution in [1.82, 2.24) is 4.58 Å². The highest BCUT2D eigenvalue weighted by molar-refractivity contribution is 7.21. The van der Waals surface area contributed by atoms with Crippen molar-refractivity contribution in [3.8, 4) is 21.6 Å². The van der Waals surface area contributed by atoms with Gasteiger partial charge in [0.05, 0.1) is 0 Å². The molecule has 0 saturated carbocycles. The Bertz CT molecular complexity index is 1240. The lowest BCUT2D eigenvalue weighted by Gasteiger charge is -2.19.